The number of amides is 1. The van der Waals surface area contributed by atoms with Crippen LogP contribution in [0.4, 0.5) is 0 Å². The Bertz CT molecular complexity index is 356. The summed E-state index contributed by atoms with van der Waals surface area (Å²) in [5.41, 5.74) is -0.790. The normalized spacial score (nSPS) is 11.9. The van der Waals surface area contributed by atoms with E-state index in [0.717, 1.165) is 6.08 Å². The number of carbonyl (C=O) groups is 1. The van der Waals surface area contributed by atoms with Crippen LogP contribution >= 0.6 is 0 Å². The highest BCUT2D eigenvalue weighted by Gasteiger charge is 2.22. The second-order valence-corrected chi connectivity index (χ2v) is 5.05. The Morgan fingerprint density at radius 2 is 2.00 bits per heavy atom. The first-order valence-corrected chi connectivity index (χ1v) is 5.66. The fourth-order valence-electron chi connectivity index (χ4n) is 0.698. The fraction of sp³-hybridized carbons (Fsp3) is 0.444. The van der Waals surface area contributed by atoms with Gasteiger partial charge in [0.2, 0.25) is 5.91 Å². The van der Waals surface area contributed by atoms with Gasteiger partial charge in [-0.15, -0.1) is 0 Å². The number of hydrogen-bond acceptors (Lipinski definition) is 4. The minimum absolute atomic E-state index is 0.166. The first-order chi connectivity index (χ1) is 6.72. The minimum atomic E-state index is -3.71. The van der Waals surface area contributed by atoms with Gasteiger partial charge in [0.1, 0.15) is 0 Å². The standard InChI is InChI=1S/C9H15NO4S/c1-5-8(11)10-9(3,4)7-14-15(12,13)6-2/h5-6H,1-2,7H2,3-4H3,(H,10,11). The lowest BCUT2D eigenvalue weighted by Crippen LogP contribution is -2.46. The summed E-state index contributed by atoms with van der Waals surface area (Å²) in [5.74, 6) is -0.389. The summed E-state index contributed by atoms with van der Waals surface area (Å²) in [6, 6.07) is 0. The van der Waals surface area contributed by atoms with E-state index in [-0.39, 0.29) is 12.5 Å². The molecule has 15 heavy (non-hydrogen) atoms. The molecule has 0 saturated carbocycles. The molecule has 0 aromatic rings. The average molecular weight is 233 g/mol. The summed E-state index contributed by atoms with van der Waals surface area (Å²) in [5, 5.41) is 3.23. The van der Waals surface area contributed by atoms with Gasteiger partial charge < -0.3 is 5.32 Å². The average Bonchev–Trinajstić information content (AvgIpc) is 2.14. The van der Waals surface area contributed by atoms with E-state index in [1.165, 1.54) is 0 Å². The Morgan fingerprint density at radius 1 is 1.47 bits per heavy atom. The number of rotatable bonds is 6. The van der Waals surface area contributed by atoms with Crippen LogP contribution in [0.15, 0.2) is 24.6 Å². The molecule has 0 atom stereocenters. The molecule has 0 bridgehead atoms. The van der Waals surface area contributed by atoms with Crippen molar-refractivity contribution < 1.29 is 17.4 Å². The zero-order valence-corrected chi connectivity index (χ0v) is 9.63. The van der Waals surface area contributed by atoms with Crippen LogP contribution in [0.3, 0.4) is 0 Å². The molecule has 0 saturated heterocycles. The zero-order valence-electron chi connectivity index (χ0n) is 8.82. The molecular formula is C9H15NO4S. The predicted octanol–water partition coefficient (Wildman–Crippen LogP) is 0.557. The lowest BCUT2D eigenvalue weighted by molar-refractivity contribution is -0.118. The van der Waals surface area contributed by atoms with E-state index < -0.39 is 15.7 Å². The van der Waals surface area contributed by atoms with E-state index in [1.807, 2.05) is 0 Å². The summed E-state index contributed by atoms with van der Waals surface area (Å²) in [7, 11) is -3.71. The molecular weight excluding hydrogens is 218 g/mol. The second kappa shape index (κ2) is 5.09. The molecule has 0 heterocycles. The van der Waals surface area contributed by atoms with Crippen molar-refractivity contribution >= 4 is 16.0 Å². The molecule has 5 nitrogen and oxygen atoms in total. The minimum Gasteiger partial charge on any atom is -0.345 e. The highest BCUT2D eigenvalue weighted by Crippen LogP contribution is 2.06. The van der Waals surface area contributed by atoms with E-state index >= 15 is 0 Å². The Morgan fingerprint density at radius 3 is 2.40 bits per heavy atom. The van der Waals surface area contributed by atoms with Crippen molar-refractivity contribution in [1.82, 2.24) is 5.32 Å². The molecule has 0 aromatic heterocycles. The van der Waals surface area contributed by atoms with Crippen molar-refractivity contribution in [2.45, 2.75) is 19.4 Å². The van der Waals surface area contributed by atoms with Crippen LogP contribution in [0, 0.1) is 0 Å². The van der Waals surface area contributed by atoms with Gasteiger partial charge in [0.15, 0.2) is 0 Å². The Labute approximate surface area is 89.9 Å². The summed E-state index contributed by atoms with van der Waals surface area (Å²) < 4.78 is 26.5. The maximum Gasteiger partial charge on any atom is 0.289 e. The molecule has 0 spiro atoms. The van der Waals surface area contributed by atoms with Crippen LogP contribution in [0.25, 0.3) is 0 Å². The fourth-order valence-corrected chi connectivity index (χ4v) is 1.25. The third kappa shape index (κ3) is 6.03. The van der Waals surface area contributed by atoms with Gasteiger partial charge in [-0.1, -0.05) is 13.2 Å². The molecule has 0 aromatic carbocycles. The number of hydrogen-bond donors (Lipinski definition) is 1. The molecule has 0 rings (SSSR count). The van der Waals surface area contributed by atoms with Gasteiger partial charge >= 0.3 is 0 Å². The zero-order chi connectivity index (χ0) is 12.1. The molecule has 1 N–H and O–H groups in total. The number of nitrogens with one attached hydrogen (secondary N) is 1. The quantitative estimate of drug-likeness (QED) is 0.537. The van der Waals surface area contributed by atoms with Gasteiger partial charge in [-0.05, 0) is 19.9 Å². The molecule has 0 aliphatic heterocycles. The number of carbonyl (C=O) groups excluding carboxylic acids is 1. The molecule has 0 unspecified atom stereocenters. The van der Waals surface area contributed by atoms with E-state index in [2.05, 4.69) is 22.7 Å². The van der Waals surface area contributed by atoms with Gasteiger partial charge in [-0.25, -0.2) is 0 Å². The van der Waals surface area contributed by atoms with Crippen molar-refractivity contribution in [1.29, 1.82) is 0 Å². The van der Waals surface area contributed by atoms with Crippen molar-refractivity contribution in [3.63, 3.8) is 0 Å². The van der Waals surface area contributed by atoms with Crippen molar-refractivity contribution in [3.05, 3.63) is 24.6 Å². The summed E-state index contributed by atoms with van der Waals surface area (Å²) in [6.07, 6.45) is 1.10. The van der Waals surface area contributed by atoms with Crippen molar-refractivity contribution in [2.24, 2.45) is 0 Å². The van der Waals surface area contributed by atoms with Gasteiger partial charge in [0.25, 0.3) is 10.1 Å². The van der Waals surface area contributed by atoms with Crippen LogP contribution in [-0.4, -0.2) is 26.5 Å². The smallest absolute Gasteiger partial charge is 0.289 e. The Balaban J connectivity index is 4.33. The van der Waals surface area contributed by atoms with Gasteiger partial charge in [-0.3, -0.25) is 8.98 Å². The van der Waals surface area contributed by atoms with Crippen molar-refractivity contribution in [2.75, 3.05) is 6.61 Å². The lowest BCUT2D eigenvalue weighted by atomic mass is 10.1. The molecule has 0 aliphatic rings. The Hall–Kier alpha value is -1.14. The summed E-state index contributed by atoms with van der Waals surface area (Å²) in [6.45, 7) is 9.47. The molecule has 1 amide bonds. The predicted molar refractivity (Wildman–Crippen MR) is 57.5 cm³/mol. The molecule has 6 heteroatoms. The summed E-state index contributed by atoms with van der Waals surface area (Å²) >= 11 is 0. The van der Waals surface area contributed by atoms with Gasteiger partial charge in [-0.2, -0.15) is 8.42 Å². The third-order valence-electron chi connectivity index (χ3n) is 1.44. The first kappa shape index (κ1) is 13.9. The largest absolute Gasteiger partial charge is 0.345 e. The van der Waals surface area contributed by atoms with Crippen LogP contribution in [0.1, 0.15) is 13.8 Å². The topological polar surface area (TPSA) is 72.5 Å². The lowest BCUT2D eigenvalue weighted by Gasteiger charge is -2.24. The van der Waals surface area contributed by atoms with Crippen molar-refractivity contribution in [3.8, 4) is 0 Å². The molecule has 0 fully saturated rings. The van der Waals surface area contributed by atoms with E-state index in [9.17, 15) is 13.2 Å². The second-order valence-electron chi connectivity index (χ2n) is 3.50. The molecule has 0 aliphatic carbocycles. The maximum atomic E-state index is 11.0. The van der Waals surface area contributed by atoms with E-state index in [4.69, 9.17) is 0 Å². The van der Waals surface area contributed by atoms with Gasteiger partial charge in [0.05, 0.1) is 17.6 Å². The highest BCUT2D eigenvalue weighted by atomic mass is 32.2. The molecule has 0 radical (unpaired) electrons. The van der Waals surface area contributed by atoms with Crippen LogP contribution < -0.4 is 5.32 Å². The summed E-state index contributed by atoms with van der Waals surface area (Å²) in [4.78, 5) is 11.0. The molecule has 86 valence electrons. The van der Waals surface area contributed by atoms with E-state index in [1.54, 1.807) is 13.8 Å². The van der Waals surface area contributed by atoms with Crippen LogP contribution in [-0.2, 0) is 19.1 Å². The van der Waals surface area contributed by atoms with Crippen LogP contribution in [0.5, 0.6) is 0 Å². The van der Waals surface area contributed by atoms with Gasteiger partial charge in [0, 0.05) is 0 Å². The third-order valence-corrected chi connectivity index (χ3v) is 2.29. The SMILES string of the molecule is C=CC(=O)NC(C)(C)COS(=O)(=O)C=C. The Kier molecular flexibility index (Phi) is 4.70. The van der Waals surface area contributed by atoms with Crippen LogP contribution in [0.2, 0.25) is 0 Å². The maximum absolute atomic E-state index is 11.0. The first-order valence-electron chi connectivity index (χ1n) is 4.19. The highest BCUT2D eigenvalue weighted by molar-refractivity contribution is 7.89. The monoisotopic (exact) mass is 233 g/mol. The van der Waals surface area contributed by atoms with E-state index in [0.29, 0.717) is 5.41 Å².